The largest absolute Gasteiger partial charge is 0.351 e. The van der Waals surface area contributed by atoms with Crippen LogP contribution in [-0.4, -0.2) is 11.6 Å². The summed E-state index contributed by atoms with van der Waals surface area (Å²) in [6.45, 7) is 4.33. The zero-order valence-corrected chi connectivity index (χ0v) is 14.6. The summed E-state index contributed by atoms with van der Waals surface area (Å²) in [5, 5.41) is 0. The van der Waals surface area contributed by atoms with E-state index in [0.717, 1.165) is 0 Å². The van der Waals surface area contributed by atoms with Crippen molar-refractivity contribution in [3.63, 3.8) is 0 Å². The summed E-state index contributed by atoms with van der Waals surface area (Å²) in [4.78, 5) is 2.26. The standard InChI is InChI=1S/C22H19N3/c1-15-8-6-9-16(2)21(15)25-14-24-18-11-5-4-10-17(18)23(3)19-12-7-13-20(25)22(19)24/h4-13H,1-3H3. The number of hydrogen-bond donors (Lipinski definition) is 0. The molecule has 0 amide bonds. The predicted molar refractivity (Wildman–Crippen MR) is 101 cm³/mol. The van der Waals surface area contributed by atoms with Crippen molar-refractivity contribution in [1.29, 1.82) is 0 Å². The van der Waals surface area contributed by atoms with Gasteiger partial charge in [0.25, 0.3) is 6.33 Å². The number of fused-ring (bicyclic) bond motifs is 2. The van der Waals surface area contributed by atoms with Gasteiger partial charge in [-0.15, -0.1) is 0 Å². The smallest absolute Gasteiger partial charge is 0.269 e. The molecule has 0 radical (unpaired) electrons. The van der Waals surface area contributed by atoms with Gasteiger partial charge in [-0.05, 0) is 43.2 Å². The van der Waals surface area contributed by atoms with E-state index in [4.69, 9.17) is 0 Å². The lowest BCUT2D eigenvalue weighted by Gasteiger charge is -2.28. The highest BCUT2D eigenvalue weighted by Gasteiger charge is 2.25. The molecule has 0 atom stereocenters. The van der Waals surface area contributed by atoms with E-state index in [9.17, 15) is 0 Å². The van der Waals surface area contributed by atoms with Gasteiger partial charge >= 0.3 is 0 Å². The van der Waals surface area contributed by atoms with Crippen molar-refractivity contribution in [2.75, 3.05) is 11.9 Å². The summed E-state index contributed by atoms with van der Waals surface area (Å²) in [7, 11) is 2.13. The molecular formula is C22H19N3. The Kier molecular flexibility index (Phi) is 2.84. The molecule has 0 aliphatic carbocycles. The molecule has 0 spiro atoms. The van der Waals surface area contributed by atoms with Crippen molar-refractivity contribution in [3.05, 3.63) is 78.1 Å². The monoisotopic (exact) mass is 325 g/mol. The molecule has 0 saturated carbocycles. The molecule has 1 aliphatic rings. The molecule has 4 aromatic rings. The van der Waals surface area contributed by atoms with Crippen molar-refractivity contribution >= 4 is 22.4 Å². The van der Waals surface area contributed by atoms with Crippen molar-refractivity contribution in [2.45, 2.75) is 13.8 Å². The second-order valence-electron chi connectivity index (χ2n) is 6.70. The van der Waals surface area contributed by atoms with Crippen LogP contribution < -0.4 is 9.47 Å². The van der Waals surface area contributed by atoms with Crippen molar-refractivity contribution < 1.29 is 4.57 Å². The molecule has 25 heavy (non-hydrogen) atoms. The van der Waals surface area contributed by atoms with Gasteiger partial charge in [0.15, 0.2) is 0 Å². The summed E-state index contributed by atoms with van der Waals surface area (Å²) in [6.07, 6.45) is 3.61. The SMILES string of the molecule is Cc1cccc(C)c1-n1[c-][n+]2c3c(cccc31)N(C)c1ccccc1-2. The van der Waals surface area contributed by atoms with Gasteiger partial charge in [-0.3, -0.25) is 9.13 Å². The highest BCUT2D eigenvalue weighted by molar-refractivity contribution is 5.93. The Balaban J connectivity index is 1.94. The average Bonchev–Trinajstić information content (AvgIpc) is 3.00. The molecular weight excluding hydrogens is 306 g/mol. The minimum absolute atomic E-state index is 1.17. The van der Waals surface area contributed by atoms with E-state index >= 15 is 0 Å². The topological polar surface area (TPSA) is 12.0 Å². The van der Waals surface area contributed by atoms with Crippen LogP contribution in [0.4, 0.5) is 11.4 Å². The molecule has 1 aliphatic heterocycles. The molecule has 5 rings (SSSR count). The molecule has 0 unspecified atom stereocenters. The molecule has 122 valence electrons. The van der Waals surface area contributed by atoms with Crippen LogP contribution in [0.15, 0.2) is 60.7 Å². The predicted octanol–water partition coefficient (Wildman–Crippen LogP) is 4.41. The zero-order chi connectivity index (χ0) is 17.1. The third-order valence-electron chi connectivity index (χ3n) is 5.17. The van der Waals surface area contributed by atoms with Crippen molar-refractivity contribution in [2.24, 2.45) is 0 Å². The van der Waals surface area contributed by atoms with Gasteiger partial charge in [-0.1, -0.05) is 42.5 Å². The van der Waals surface area contributed by atoms with Crippen LogP contribution in [0.2, 0.25) is 0 Å². The number of benzene rings is 3. The van der Waals surface area contributed by atoms with Crippen LogP contribution in [0.5, 0.6) is 0 Å². The number of anilines is 2. The first-order valence-corrected chi connectivity index (χ1v) is 8.55. The summed E-state index contributed by atoms with van der Waals surface area (Å²) in [5.41, 5.74) is 9.67. The van der Waals surface area contributed by atoms with Crippen molar-refractivity contribution in [1.82, 2.24) is 4.57 Å². The van der Waals surface area contributed by atoms with Crippen LogP contribution in [0.25, 0.3) is 22.4 Å². The Bertz CT molecular complexity index is 1120. The van der Waals surface area contributed by atoms with Crippen LogP contribution in [0.3, 0.4) is 0 Å². The first-order chi connectivity index (χ1) is 12.2. The molecule has 1 aromatic heterocycles. The maximum atomic E-state index is 3.61. The maximum Gasteiger partial charge on any atom is 0.269 e. The fourth-order valence-electron chi connectivity index (χ4n) is 3.97. The zero-order valence-electron chi connectivity index (χ0n) is 14.6. The van der Waals surface area contributed by atoms with Gasteiger partial charge in [0.2, 0.25) is 0 Å². The highest BCUT2D eigenvalue weighted by Crippen LogP contribution is 2.37. The van der Waals surface area contributed by atoms with Gasteiger partial charge < -0.3 is 4.90 Å². The second-order valence-corrected chi connectivity index (χ2v) is 6.70. The normalized spacial score (nSPS) is 12.5. The molecule has 3 aromatic carbocycles. The summed E-state index contributed by atoms with van der Waals surface area (Å²) in [6, 6.07) is 21.4. The summed E-state index contributed by atoms with van der Waals surface area (Å²) >= 11 is 0. The van der Waals surface area contributed by atoms with E-state index in [2.05, 4.69) is 102 Å². The summed E-state index contributed by atoms with van der Waals surface area (Å²) < 4.78 is 4.41. The number of aryl methyl sites for hydroxylation is 2. The molecule has 0 bridgehead atoms. The number of hydrogen-bond acceptors (Lipinski definition) is 1. The lowest BCUT2D eigenvalue weighted by molar-refractivity contribution is -0.572. The Hall–Kier alpha value is -3.07. The molecule has 3 nitrogen and oxygen atoms in total. The number of nitrogens with zero attached hydrogens (tertiary/aromatic N) is 3. The fourth-order valence-corrected chi connectivity index (χ4v) is 3.97. The molecule has 2 heterocycles. The van der Waals surface area contributed by atoms with E-state index in [0.29, 0.717) is 0 Å². The van der Waals surface area contributed by atoms with Crippen LogP contribution >= 0.6 is 0 Å². The summed E-state index contributed by atoms with van der Waals surface area (Å²) in [5.74, 6) is 0. The minimum Gasteiger partial charge on any atom is -0.351 e. The first kappa shape index (κ1) is 14.3. The molecule has 0 N–H and O–H groups in total. The Morgan fingerprint density at radius 3 is 2.28 bits per heavy atom. The number of para-hydroxylation sites is 4. The lowest BCUT2D eigenvalue weighted by Crippen LogP contribution is -2.36. The van der Waals surface area contributed by atoms with Gasteiger partial charge in [-0.25, -0.2) is 0 Å². The first-order valence-electron chi connectivity index (χ1n) is 8.55. The van der Waals surface area contributed by atoms with E-state index in [-0.39, 0.29) is 0 Å². The number of imidazole rings is 1. The Morgan fingerprint density at radius 2 is 1.48 bits per heavy atom. The molecule has 0 fully saturated rings. The second kappa shape index (κ2) is 4.96. The average molecular weight is 325 g/mol. The fraction of sp³-hybridized carbons (Fsp3) is 0.136. The highest BCUT2D eigenvalue weighted by atomic mass is 15.2. The minimum atomic E-state index is 1.17. The lowest BCUT2D eigenvalue weighted by atomic mass is 10.1. The number of aromatic nitrogens is 2. The van der Waals surface area contributed by atoms with Crippen LogP contribution in [-0.2, 0) is 0 Å². The number of rotatable bonds is 1. The van der Waals surface area contributed by atoms with Gasteiger partial charge in [0.05, 0.1) is 22.6 Å². The van der Waals surface area contributed by atoms with E-state index in [1.807, 2.05) is 0 Å². The third kappa shape index (κ3) is 1.84. The quantitative estimate of drug-likeness (QED) is 0.373. The Morgan fingerprint density at radius 1 is 0.800 bits per heavy atom. The van der Waals surface area contributed by atoms with Gasteiger partial charge in [-0.2, -0.15) is 0 Å². The van der Waals surface area contributed by atoms with E-state index < -0.39 is 0 Å². The third-order valence-corrected chi connectivity index (χ3v) is 5.17. The molecule has 3 heteroatoms. The Labute approximate surface area is 147 Å². The van der Waals surface area contributed by atoms with Crippen LogP contribution in [0.1, 0.15) is 11.1 Å². The van der Waals surface area contributed by atoms with E-state index in [1.165, 1.54) is 44.9 Å². The maximum absolute atomic E-state index is 3.61. The van der Waals surface area contributed by atoms with Gasteiger partial charge in [0.1, 0.15) is 5.52 Å². The molecule has 0 saturated heterocycles. The van der Waals surface area contributed by atoms with Crippen molar-refractivity contribution in [3.8, 4) is 11.4 Å². The van der Waals surface area contributed by atoms with E-state index in [1.54, 1.807) is 0 Å². The van der Waals surface area contributed by atoms with Crippen LogP contribution in [0, 0.1) is 20.2 Å². The van der Waals surface area contributed by atoms with Gasteiger partial charge in [0, 0.05) is 12.7 Å².